The van der Waals surface area contributed by atoms with Crippen molar-refractivity contribution in [2.24, 2.45) is 5.92 Å². The van der Waals surface area contributed by atoms with E-state index < -0.39 is 0 Å². The molecule has 0 N–H and O–H groups in total. The second-order valence-electron chi connectivity index (χ2n) is 4.60. The smallest absolute Gasteiger partial charge is 0.192 e. The molecule has 0 spiro atoms. The van der Waals surface area contributed by atoms with Crippen molar-refractivity contribution in [1.82, 2.24) is 0 Å². The summed E-state index contributed by atoms with van der Waals surface area (Å²) in [6.07, 6.45) is 5.77. The van der Waals surface area contributed by atoms with Crippen molar-refractivity contribution in [2.45, 2.75) is 13.0 Å². The Morgan fingerprint density at radius 3 is 2.37 bits per heavy atom. The van der Waals surface area contributed by atoms with Gasteiger partial charge in [-0.25, -0.2) is 0 Å². The Morgan fingerprint density at radius 1 is 1.16 bits per heavy atom. The number of rotatable bonds is 4. The molecule has 3 nitrogen and oxygen atoms in total. The maximum atomic E-state index is 12.3. The second kappa shape index (κ2) is 5.85. The zero-order valence-corrected chi connectivity index (χ0v) is 11.4. The van der Waals surface area contributed by atoms with Gasteiger partial charge in [0.1, 0.15) is 5.75 Å². The third-order valence-corrected chi connectivity index (χ3v) is 3.31. The molecule has 2 unspecified atom stereocenters. The molecule has 0 bridgehead atoms. The van der Waals surface area contributed by atoms with Crippen molar-refractivity contribution in [3.63, 3.8) is 0 Å². The minimum atomic E-state index is 0.0281. The quantitative estimate of drug-likeness (QED) is 0.779. The van der Waals surface area contributed by atoms with Crippen LogP contribution in [0.4, 0.5) is 0 Å². The van der Waals surface area contributed by atoms with Gasteiger partial charge in [0.25, 0.3) is 0 Å². The van der Waals surface area contributed by atoms with Crippen LogP contribution in [0.5, 0.6) is 5.75 Å². The Balaban J connectivity index is 2.18. The SMILES string of the molecule is COc1ccc(C(=O)C2=CC(C)C(OC)C=C2)cc1. The molecule has 0 fully saturated rings. The van der Waals surface area contributed by atoms with E-state index in [0.717, 1.165) is 5.75 Å². The molecule has 1 aliphatic carbocycles. The van der Waals surface area contributed by atoms with Crippen LogP contribution in [0.15, 0.2) is 48.1 Å². The Morgan fingerprint density at radius 2 is 1.84 bits per heavy atom. The predicted octanol–water partition coefficient (Wildman–Crippen LogP) is 3.03. The van der Waals surface area contributed by atoms with Crippen molar-refractivity contribution >= 4 is 5.78 Å². The van der Waals surface area contributed by atoms with E-state index in [1.54, 1.807) is 38.5 Å². The van der Waals surface area contributed by atoms with Crippen LogP contribution in [-0.2, 0) is 4.74 Å². The number of methoxy groups -OCH3 is 2. The largest absolute Gasteiger partial charge is 0.497 e. The first kappa shape index (κ1) is 13.6. The number of carbonyl (C=O) groups excluding carboxylic acids is 1. The van der Waals surface area contributed by atoms with Gasteiger partial charge in [-0.15, -0.1) is 0 Å². The van der Waals surface area contributed by atoms with Crippen LogP contribution in [0.2, 0.25) is 0 Å². The molecule has 100 valence electrons. The highest BCUT2D eigenvalue weighted by Crippen LogP contribution is 2.22. The monoisotopic (exact) mass is 258 g/mol. The summed E-state index contributed by atoms with van der Waals surface area (Å²) >= 11 is 0. The van der Waals surface area contributed by atoms with Gasteiger partial charge in [0.05, 0.1) is 13.2 Å². The average molecular weight is 258 g/mol. The lowest BCUT2D eigenvalue weighted by Crippen LogP contribution is -2.20. The number of hydrogen-bond donors (Lipinski definition) is 0. The molecule has 0 saturated carbocycles. The van der Waals surface area contributed by atoms with E-state index in [0.29, 0.717) is 11.1 Å². The van der Waals surface area contributed by atoms with Gasteiger partial charge in [0.2, 0.25) is 0 Å². The lowest BCUT2D eigenvalue weighted by Gasteiger charge is -2.21. The maximum absolute atomic E-state index is 12.3. The topological polar surface area (TPSA) is 35.5 Å². The number of hydrogen-bond acceptors (Lipinski definition) is 3. The summed E-state index contributed by atoms with van der Waals surface area (Å²) in [5.74, 6) is 0.977. The number of ketones is 1. The third kappa shape index (κ3) is 2.93. The summed E-state index contributed by atoms with van der Waals surface area (Å²) in [6.45, 7) is 2.04. The molecule has 19 heavy (non-hydrogen) atoms. The predicted molar refractivity (Wildman–Crippen MR) is 74.5 cm³/mol. The number of allylic oxidation sites excluding steroid dienone is 2. The fraction of sp³-hybridized carbons (Fsp3) is 0.312. The number of ether oxygens (including phenoxy) is 2. The summed E-state index contributed by atoms with van der Waals surface area (Å²) in [5, 5.41) is 0. The molecular formula is C16H18O3. The average Bonchev–Trinajstić information content (AvgIpc) is 2.46. The van der Waals surface area contributed by atoms with Gasteiger partial charge in [-0.1, -0.05) is 25.2 Å². The molecule has 3 heteroatoms. The Bertz CT molecular complexity index is 511. The number of benzene rings is 1. The molecule has 0 saturated heterocycles. The van der Waals surface area contributed by atoms with Crippen LogP contribution >= 0.6 is 0 Å². The highest BCUT2D eigenvalue weighted by Gasteiger charge is 2.20. The molecule has 0 radical (unpaired) electrons. The van der Waals surface area contributed by atoms with E-state index in [1.165, 1.54) is 0 Å². The van der Waals surface area contributed by atoms with Crippen LogP contribution in [-0.4, -0.2) is 26.1 Å². The Labute approximate surface area is 113 Å². The second-order valence-corrected chi connectivity index (χ2v) is 4.60. The van der Waals surface area contributed by atoms with Gasteiger partial charge < -0.3 is 9.47 Å². The third-order valence-electron chi connectivity index (χ3n) is 3.31. The molecule has 1 aromatic rings. The van der Waals surface area contributed by atoms with Gasteiger partial charge in [0.15, 0.2) is 5.78 Å². The number of Topliss-reactive ketones (excluding diaryl/α,β-unsaturated/α-hetero) is 1. The summed E-state index contributed by atoms with van der Waals surface area (Å²) in [6, 6.07) is 7.15. The van der Waals surface area contributed by atoms with E-state index in [4.69, 9.17) is 9.47 Å². The van der Waals surface area contributed by atoms with Crippen LogP contribution in [0.25, 0.3) is 0 Å². The normalized spacial score (nSPS) is 21.9. The Hall–Kier alpha value is -1.87. The van der Waals surface area contributed by atoms with Gasteiger partial charge >= 0.3 is 0 Å². The van der Waals surface area contributed by atoms with Gasteiger partial charge in [-0.2, -0.15) is 0 Å². The van der Waals surface area contributed by atoms with E-state index in [-0.39, 0.29) is 17.8 Å². The van der Waals surface area contributed by atoms with Crippen molar-refractivity contribution in [3.05, 3.63) is 53.6 Å². The minimum absolute atomic E-state index is 0.0281. The van der Waals surface area contributed by atoms with Gasteiger partial charge in [-0.05, 0) is 24.3 Å². The van der Waals surface area contributed by atoms with E-state index >= 15 is 0 Å². The van der Waals surface area contributed by atoms with E-state index in [2.05, 4.69) is 0 Å². The lowest BCUT2D eigenvalue weighted by atomic mass is 9.91. The fourth-order valence-electron chi connectivity index (χ4n) is 2.16. The molecule has 0 heterocycles. The first-order valence-electron chi connectivity index (χ1n) is 6.27. The molecule has 1 aromatic carbocycles. The molecule has 1 aliphatic rings. The van der Waals surface area contributed by atoms with E-state index in [9.17, 15) is 4.79 Å². The minimum Gasteiger partial charge on any atom is -0.497 e. The highest BCUT2D eigenvalue weighted by atomic mass is 16.5. The molecule has 2 atom stereocenters. The first-order valence-corrected chi connectivity index (χ1v) is 6.27. The van der Waals surface area contributed by atoms with Crippen molar-refractivity contribution in [2.75, 3.05) is 14.2 Å². The van der Waals surface area contributed by atoms with Gasteiger partial charge in [-0.3, -0.25) is 4.79 Å². The van der Waals surface area contributed by atoms with Crippen LogP contribution < -0.4 is 4.74 Å². The fourth-order valence-corrected chi connectivity index (χ4v) is 2.16. The van der Waals surface area contributed by atoms with E-state index in [1.807, 2.05) is 25.2 Å². The van der Waals surface area contributed by atoms with Gasteiger partial charge in [0, 0.05) is 24.2 Å². The van der Waals surface area contributed by atoms with Crippen LogP contribution in [0, 0.1) is 5.92 Å². The summed E-state index contributed by atoms with van der Waals surface area (Å²) < 4.78 is 10.4. The zero-order chi connectivity index (χ0) is 13.8. The maximum Gasteiger partial charge on any atom is 0.192 e. The summed E-state index contributed by atoms with van der Waals surface area (Å²) in [5.41, 5.74) is 1.38. The molecule has 0 amide bonds. The molecular weight excluding hydrogens is 240 g/mol. The van der Waals surface area contributed by atoms with Crippen molar-refractivity contribution in [1.29, 1.82) is 0 Å². The first-order chi connectivity index (χ1) is 9.15. The lowest BCUT2D eigenvalue weighted by molar-refractivity contribution is 0.101. The Kier molecular flexibility index (Phi) is 4.17. The van der Waals surface area contributed by atoms with Crippen LogP contribution in [0.3, 0.4) is 0 Å². The highest BCUT2D eigenvalue weighted by molar-refractivity contribution is 6.10. The van der Waals surface area contributed by atoms with Crippen LogP contribution in [0.1, 0.15) is 17.3 Å². The van der Waals surface area contributed by atoms with Crippen molar-refractivity contribution in [3.8, 4) is 5.75 Å². The number of carbonyl (C=O) groups is 1. The summed E-state index contributed by atoms with van der Waals surface area (Å²) in [7, 11) is 3.28. The molecule has 0 aliphatic heterocycles. The standard InChI is InChI=1S/C16H18O3/c1-11-10-13(6-9-15(11)19-3)16(17)12-4-7-14(18-2)8-5-12/h4-11,15H,1-3H3. The summed E-state index contributed by atoms with van der Waals surface area (Å²) in [4.78, 5) is 12.3. The zero-order valence-electron chi connectivity index (χ0n) is 11.4. The molecule has 2 rings (SSSR count). The van der Waals surface area contributed by atoms with Crippen molar-refractivity contribution < 1.29 is 14.3 Å². The molecule has 0 aromatic heterocycles.